The quantitative estimate of drug-likeness (QED) is 0.786. The van der Waals surface area contributed by atoms with Crippen molar-refractivity contribution < 1.29 is 18.7 Å². The van der Waals surface area contributed by atoms with Crippen LogP contribution in [0, 0.1) is 11.7 Å². The first-order valence-electron chi connectivity index (χ1n) is 8.51. The molecule has 0 saturated carbocycles. The van der Waals surface area contributed by atoms with Gasteiger partial charge in [-0.3, -0.25) is 4.79 Å². The van der Waals surface area contributed by atoms with Crippen LogP contribution in [0.5, 0.6) is 0 Å². The molecule has 25 heavy (non-hydrogen) atoms. The number of hydrogen-bond acceptors (Lipinski definition) is 3. The van der Waals surface area contributed by atoms with Crippen LogP contribution in [0.3, 0.4) is 0 Å². The SMILES string of the molecule is C/C(=C/C(=O)N1CCN(C(=O)OCC(C)C)CC1)c1cccc(F)c1. The molecular formula is C19H25FN2O3. The molecule has 1 fully saturated rings. The predicted octanol–water partition coefficient (Wildman–Crippen LogP) is 3.17. The van der Waals surface area contributed by atoms with Crippen molar-refractivity contribution in [2.75, 3.05) is 32.8 Å². The Hall–Kier alpha value is -2.37. The lowest BCUT2D eigenvalue weighted by molar-refractivity contribution is -0.127. The molecule has 0 spiro atoms. The van der Waals surface area contributed by atoms with Crippen LogP contribution >= 0.6 is 0 Å². The van der Waals surface area contributed by atoms with Gasteiger partial charge in [0.1, 0.15) is 5.82 Å². The van der Waals surface area contributed by atoms with E-state index in [1.807, 2.05) is 13.8 Å². The van der Waals surface area contributed by atoms with Gasteiger partial charge in [-0.2, -0.15) is 0 Å². The normalized spacial score (nSPS) is 15.5. The van der Waals surface area contributed by atoms with Gasteiger partial charge in [0.2, 0.25) is 5.91 Å². The molecule has 0 radical (unpaired) electrons. The minimum Gasteiger partial charge on any atom is -0.449 e. The van der Waals surface area contributed by atoms with Gasteiger partial charge in [0.05, 0.1) is 6.61 Å². The van der Waals surface area contributed by atoms with E-state index < -0.39 is 0 Å². The van der Waals surface area contributed by atoms with Crippen LogP contribution < -0.4 is 0 Å². The molecule has 1 aromatic rings. The van der Waals surface area contributed by atoms with Crippen LogP contribution in [0.4, 0.5) is 9.18 Å². The van der Waals surface area contributed by atoms with Crippen LogP contribution in [-0.2, 0) is 9.53 Å². The average Bonchev–Trinajstić information content (AvgIpc) is 2.59. The Kier molecular flexibility index (Phi) is 6.56. The highest BCUT2D eigenvalue weighted by Crippen LogP contribution is 2.16. The first kappa shape index (κ1) is 19.0. The van der Waals surface area contributed by atoms with E-state index >= 15 is 0 Å². The molecule has 2 amide bonds. The molecule has 5 nitrogen and oxygen atoms in total. The van der Waals surface area contributed by atoms with Crippen LogP contribution in [-0.4, -0.2) is 54.6 Å². The summed E-state index contributed by atoms with van der Waals surface area (Å²) in [5, 5.41) is 0. The number of carbonyl (C=O) groups excluding carboxylic acids is 2. The second kappa shape index (κ2) is 8.65. The van der Waals surface area contributed by atoms with E-state index in [9.17, 15) is 14.0 Å². The third-order valence-electron chi connectivity index (χ3n) is 4.01. The summed E-state index contributed by atoms with van der Waals surface area (Å²) in [5.74, 6) is -0.161. The minimum atomic E-state index is -0.328. The number of hydrogen-bond donors (Lipinski definition) is 0. The number of rotatable bonds is 4. The number of ether oxygens (including phenoxy) is 1. The van der Waals surface area contributed by atoms with Gasteiger partial charge in [0.15, 0.2) is 0 Å². The maximum Gasteiger partial charge on any atom is 0.409 e. The number of benzene rings is 1. The van der Waals surface area contributed by atoms with Crippen LogP contribution in [0.15, 0.2) is 30.3 Å². The summed E-state index contributed by atoms with van der Waals surface area (Å²) in [6.07, 6.45) is 1.19. The highest BCUT2D eigenvalue weighted by atomic mass is 19.1. The van der Waals surface area contributed by atoms with Crippen molar-refractivity contribution in [3.63, 3.8) is 0 Å². The van der Waals surface area contributed by atoms with Gasteiger partial charge in [0.25, 0.3) is 0 Å². The van der Waals surface area contributed by atoms with Crippen molar-refractivity contribution in [1.29, 1.82) is 0 Å². The van der Waals surface area contributed by atoms with E-state index in [-0.39, 0.29) is 17.8 Å². The second-order valence-corrected chi connectivity index (χ2v) is 6.62. The smallest absolute Gasteiger partial charge is 0.409 e. The second-order valence-electron chi connectivity index (χ2n) is 6.62. The lowest BCUT2D eigenvalue weighted by Crippen LogP contribution is -2.50. The van der Waals surface area contributed by atoms with E-state index in [2.05, 4.69) is 0 Å². The number of allylic oxidation sites excluding steroid dienone is 1. The molecule has 1 heterocycles. The zero-order valence-corrected chi connectivity index (χ0v) is 15.0. The summed E-state index contributed by atoms with van der Waals surface area (Å²) in [4.78, 5) is 27.6. The fraction of sp³-hybridized carbons (Fsp3) is 0.474. The molecule has 1 saturated heterocycles. The summed E-state index contributed by atoms with van der Waals surface area (Å²) in [5.41, 5.74) is 1.40. The van der Waals surface area contributed by atoms with E-state index in [0.29, 0.717) is 49.8 Å². The molecular weight excluding hydrogens is 323 g/mol. The molecule has 0 bridgehead atoms. The van der Waals surface area contributed by atoms with Crippen molar-refractivity contribution in [2.45, 2.75) is 20.8 Å². The Morgan fingerprint density at radius 3 is 2.44 bits per heavy atom. The predicted molar refractivity (Wildman–Crippen MR) is 94.4 cm³/mol. The molecule has 136 valence electrons. The van der Waals surface area contributed by atoms with Gasteiger partial charge in [-0.25, -0.2) is 9.18 Å². The number of halogens is 1. The van der Waals surface area contributed by atoms with Crippen molar-refractivity contribution in [1.82, 2.24) is 9.80 Å². The highest BCUT2D eigenvalue weighted by molar-refractivity contribution is 5.95. The van der Waals surface area contributed by atoms with Gasteiger partial charge in [-0.05, 0) is 36.1 Å². The van der Waals surface area contributed by atoms with Crippen LogP contribution in [0.1, 0.15) is 26.3 Å². The van der Waals surface area contributed by atoms with Gasteiger partial charge >= 0.3 is 6.09 Å². The maximum absolute atomic E-state index is 13.3. The van der Waals surface area contributed by atoms with E-state index in [0.717, 1.165) is 0 Å². The third kappa shape index (κ3) is 5.59. The Balaban J connectivity index is 1.88. The van der Waals surface area contributed by atoms with Crippen molar-refractivity contribution in [3.05, 3.63) is 41.7 Å². The monoisotopic (exact) mass is 348 g/mol. The van der Waals surface area contributed by atoms with Crippen LogP contribution in [0.2, 0.25) is 0 Å². The molecule has 1 aliphatic rings. The largest absolute Gasteiger partial charge is 0.449 e. The Labute approximate surface area is 148 Å². The molecule has 1 aromatic carbocycles. The van der Waals surface area contributed by atoms with E-state index in [4.69, 9.17) is 4.74 Å². The lowest BCUT2D eigenvalue weighted by atomic mass is 10.1. The lowest BCUT2D eigenvalue weighted by Gasteiger charge is -2.33. The summed E-state index contributed by atoms with van der Waals surface area (Å²) < 4.78 is 18.5. The van der Waals surface area contributed by atoms with Crippen LogP contribution in [0.25, 0.3) is 5.57 Å². The minimum absolute atomic E-state index is 0.128. The Bertz CT molecular complexity index is 650. The zero-order valence-electron chi connectivity index (χ0n) is 15.0. The number of nitrogens with zero attached hydrogens (tertiary/aromatic N) is 2. The number of amides is 2. The van der Waals surface area contributed by atoms with Crippen molar-refractivity contribution in [2.24, 2.45) is 5.92 Å². The fourth-order valence-electron chi connectivity index (χ4n) is 2.53. The summed E-state index contributed by atoms with van der Waals surface area (Å²) in [6, 6.07) is 6.16. The molecule has 0 aliphatic carbocycles. The van der Waals surface area contributed by atoms with Gasteiger partial charge in [0, 0.05) is 32.3 Å². The number of carbonyl (C=O) groups is 2. The Morgan fingerprint density at radius 1 is 1.20 bits per heavy atom. The molecule has 6 heteroatoms. The topological polar surface area (TPSA) is 49.9 Å². The van der Waals surface area contributed by atoms with Crippen molar-refractivity contribution in [3.8, 4) is 0 Å². The number of piperazine rings is 1. The van der Waals surface area contributed by atoms with Gasteiger partial charge < -0.3 is 14.5 Å². The molecule has 2 rings (SSSR count). The molecule has 0 atom stereocenters. The summed E-state index contributed by atoms with van der Waals surface area (Å²) >= 11 is 0. The molecule has 1 aliphatic heterocycles. The average molecular weight is 348 g/mol. The van der Waals surface area contributed by atoms with Crippen molar-refractivity contribution >= 4 is 17.6 Å². The van der Waals surface area contributed by atoms with E-state index in [1.54, 1.807) is 28.9 Å². The standard InChI is InChI=1S/C19H25FN2O3/c1-14(2)13-25-19(24)22-9-7-21(8-10-22)18(23)11-15(3)16-5-4-6-17(20)12-16/h4-6,11-12,14H,7-10,13H2,1-3H3/b15-11-. The summed E-state index contributed by atoms with van der Waals surface area (Å²) in [6.45, 7) is 7.98. The van der Waals surface area contributed by atoms with Gasteiger partial charge in [-0.1, -0.05) is 26.0 Å². The zero-order chi connectivity index (χ0) is 18.4. The Morgan fingerprint density at radius 2 is 1.84 bits per heavy atom. The first-order valence-corrected chi connectivity index (χ1v) is 8.51. The maximum atomic E-state index is 13.3. The molecule has 0 aromatic heterocycles. The fourth-order valence-corrected chi connectivity index (χ4v) is 2.53. The highest BCUT2D eigenvalue weighted by Gasteiger charge is 2.24. The molecule has 0 unspecified atom stereocenters. The summed E-state index contributed by atoms with van der Waals surface area (Å²) in [7, 11) is 0. The first-order chi connectivity index (χ1) is 11.9. The van der Waals surface area contributed by atoms with E-state index in [1.165, 1.54) is 18.2 Å². The van der Waals surface area contributed by atoms with Gasteiger partial charge in [-0.15, -0.1) is 0 Å². The third-order valence-corrected chi connectivity index (χ3v) is 4.01. The molecule has 0 N–H and O–H groups in total.